The van der Waals surface area contributed by atoms with E-state index < -0.39 is 11.2 Å². The van der Waals surface area contributed by atoms with Crippen molar-refractivity contribution in [3.63, 3.8) is 0 Å². The van der Waals surface area contributed by atoms with Crippen molar-refractivity contribution in [3.05, 3.63) is 28.7 Å². The number of hydrogen-bond donors (Lipinski definition) is 0. The summed E-state index contributed by atoms with van der Waals surface area (Å²) in [6, 6.07) is 5.54. The first-order valence-electron chi connectivity index (χ1n) is 4.08. The first kappa shape index (κ1) is 10.9. The molecule has 2 heterocycles. The molecule has 0 N–H and O–H groups in total. The standard InChI is InChI=1S/C9H7ClN2OS2/c1-15(13)9-11-6(5-8(10)12-9)7-3-2-4-14-7/h2-5H,1H3. The molecule has 2 rings (SSSR count). The van der Waals surface area contributed by atoms with Crippen LogP contribution in [0.3, 0.4) is 0 Å². The lowest BCUT2D eigenvalue weighted by Gasteiger charge is -2.03. The van der Waals surface area contributed by atoms with Gasteiger partial charge >= 0.3 is 5.16 Å². The molecule has 0 aliphatic rings. The fraction of sp³-hybridized carbons (Fsp3) is 0.111. The van der Waals surface area contributed by atoms with E-state index in [0.29, 0.717) is 5.15 Å². The second-order valence-corrected chi connectivity index (χ2v) is 5.40. The third-order valence-corrected chi connectivity index (χ3v) is 3.49. The van der Waals surface area contributed by atoms with E-state index in [1.165, 1.54) is 6.26 Å². The monoisotopic (exact) mass is 258 g/mol. The summed E-state index contributed by atoms with van der Waals surface area (Å²) >= 11 is 6.17. The molecule has 6 heteroatoms. The topological polar surface area (TPSA) is 48.8 Å². The molecule has 1 unspecified atom stereocenters. The second-order valence-electron chi connectivity index (χ2n) is 2.79. The summed E-state index contributed by atoms with van der Waals surface area (Å²) in [5.41, 5.74) is 0.718. The largest absolute Gasteiger partial charge is 0.609 e. The van der Waals surface area contributed by atoms with Crippen LogP contribution in [-0.2, 0) is 11.2 Å². The molecule has 0 radical (unpaired) electrons. The lowest BCUT2D eigenvalue weighted by molar-refractivity contribution is 0.592. The number of rotatable bonds is 2. The maximum absolute atomic E-state index is 11.3. The van der Waals surface area contributed by atoms with Crippen LogP contribution in [0.25, 0.3) is 10.6 Å². The highest BCUT2D eigenvalue weighted by molar-refractivity contribution is 7.90. The van der Waals surface area contributed by atoms with E-state index in [1.807, 2.05) is 17.5 Å². The normalized spacial score (nSPS) is 12.7. The molecule has 78 valence electrons. The summed E-state index contributed by atoms with van der Waals surface area (Å²) in [6.45, 7) is 0. The first-order valence-corrected chi connectivity index (χ1v) is 6.90. The van der Waals surface area contributed by atoms with Crippen molar-refractivity contribution in [2.45, 2.75) is 5.16 Å². The van der Waals surface area contributed by atoms with E-state index in [2.05, 4.69) is 9.97 Å². The van der Waals surface area contributed by atoms with Crippen LogP contribution >= 0.6 is 22.9 Å². The van der Waals surface area contributed by atoms with E-state index in [0.717, 1.165) is 10.6 Å². The minimum absolute atomic E-state index is 0.269. The van der Waals surface area contributed by atoms with Gasteiger partial charge in [0.1, 0.15) is 11.4 Å². The zero-order valence-electron chi connectivity index (χ0n) is 7.81. The minimum Gasteiger partial charge on any atom is -0.609 e. The Balaban J connectivity index is 2.49. The Bertz CT molecular complexity index is 459. The second kappa shape index (κ2) is 4.49. The molecule has 0 bridgehead atoms. The molecule has 0 saturated heterocycles. The van der Waals surface area contributed by atoms with Crippen LogP contribution in [0.15, 0.2) is 28.7 Å². The van der Waals surface area contributed by atoms with E-state index in [1.54, 1.807) is 17.4 Å². The van der Waals surface area contributed by atoms with Crippen molar-refractivity contribution in [2.75, 3.05) is 6.26 Å². The Labute approximate surface area is 99.3 Å². The molecule has 0 aromatic carbocycles. The Hall–Kier alpha value is -0.620. The van der Waals surface area contributed by atoms with E-state index in [4.69, 9.17) is 11.6 Å². The Morgan fingerprint density at radius 2 is 2.27 bits per heavy atom. The highest BCUT2D eigenvalue weighted by Crippen LogP contribution is 2.25. The minimum atomic E-state index is -1.21. The average molecular weight is 259 g/mol. The molecular formula is C9H7ClN2OS2. The van der Waals surface area contributed by atoms with Gasteiger partial charge in [0.05, 0.1) is 10.6 Å². The van der Waals surface area contributed by atoms with Crippen LogP contribution < -0.4 is 0 Å². The molecule has 15 heavy (non-hydrogen) atoms. The van der Waals surface area contributed by atoms with Crippen molar-refractivity contribution in [3.8, 4) is 10.6 Å². The summed E-state index contributed by atoms with van der Waals surface area (Å²) in [6.07, 6.45) is 1.53. The zero-order chi connectivity index (χ0) is 10.8. The summed E-state index contributed by atoms with van der Waals surface area (Å²) < 4.78 is 11.3. The Morgan fingerprint density at radius 1 is 1.47 bits per heavy atom. The van der Waals surface area contributed by atoms with Gasteiger partial charge in [-0.2, -0.15) is 9.97 Å². The smallest absolute Gasteiger partial charge is 0.344 e. The highest BCUT2D eigenvalue weighted by Gasteiger charge is 2.13. The Kier molecular flexibility index (Phi) is 3.25. The van der Waals surface area contributed by atoms with Crippen LogP contribution in [0.2, 0.25) is 5.15 Å². The van der Waals surface area contributed by atoms with E-state index >= 15 is 0 Å². The molecule has 2 aromatic heterocycles. The molecule has 0 saturated carbocycles. The molecular weight excluding hydrogens is 252 g/mol. The van der Waals surface area contributed by atoms with Crippen LogP contribution in [0, 0.1) is 0 Å². The van der Waals surface area contributed by atoms with Gasteiger partial charge in [0, 0.05) is 17.2 Å². The fourth-order valence-electron chi connectivity index (χ4n) is 1.08. The summed E-state index contributed by atoms with van der Waals surface area (Å²) in [5.74, 6) is 0. The number of hydrogen-bond acceptors (Lipinski definition) is 4. The third-order valence-electron chi connectivity index (χ3n) is 1.71. The van der Waals surface area contributed by atoms with Gasteiger partial charge in [-0.15, -0.1) is 11.3 Å². The fourth-order valence-corrected chi connectivity index (χ4v) is 2.45. The van der Waals surface area contributed by atoms with Crippen LogP contribution in [-0.4, -0.2) is 20.8 Å². The van der Waals surface area contributed by atoms with Crippen molar-refractivity contribution in [1.29, 1.82) is 0 Å². The quantitative estimate of drug-likeness (QED) is 0.473. The van der Waals surface area contributed by atoms with Gasteiger partial charge in [-0.3, -0.25) is 0 Å². The summed E-state index contributed by atoms with van der Waals surface area (Å²) in [4.78, 5) is 9.08. The number of thiophene rings is 1. The van der Waals surface area contributed by atoms with Crippen LogP contribution in [0.5, 0.6) is 0 Å². The van der Waals surface area contributed by atoms with Crippen LogP contribution in [0.1, 0.15) is 0 Å². The number of aromatic nitrogens is 2. The Morgan fingerprint density at radius 3 is 2.87 bits per heavy atom. The van der Waals surface area contributed by atoms with Crippen molar-refractivity contribution in [2.24, 2.45) is 0 Å². The average Bonchev–Trinajstić information content (AvgIpc) is 2.69. The molecule has 0 amide bonds. The van der Waals surface area contributed by atoms with Gasteiger partial charge in [-0.25, -0.2) is 0 Å². The molecule has 2 aromatic rings. The number of nitrogens with zero attached hydrogens (tertiary/aromatic N) is 2. The molecule has 0 aliphatic heterocycles. The van der Waals surface area contributed by atoms with Gasteiger partial charge in [0.2, 0.25) is 0 Å². The predicted octanol–water partition coefficient (Wildman–Crippen LogP) is 2.60. The molecule has 0 spiro atoms. The van der Waals surface area contributed by atoms with E-state index in [9.17, 15) is 4.55 Å². The van der Waals surface area contributed by atoms with Crippen LogP contribution in [0.4, 0.5) is 0 Å². The highest BCUT2D eigenvalue weighted by atomic mass is 35.5. The third kappa shape index (κ3) is 2.49. The summed E-state index contributed by atoms with van der Waals surface area (Å²) in [5, 5.41) is 2.54. The van der Waals surface area contributed by atoms with Crippen molar-refractivity contribution < 1.29 is 4.55 Å². The number of halogens is 1. The predicted molar refractivity (Wildman–Crippen MR) is 62.7 cm³/mol. The molecule has 1 atom stereocenters. The molecule has 0 aliphatic carbocycles. The summed E-state index contributed by atoms with van der Waals surface area (Å²) in [7, 11) is 0. The lowest BCUT2D eigenvalue weighted by atomic mass is 10.3. The SMILES string of the molecule is C[S+]([O-])c1nc(Cl)cc(-c2cccs2)n1. The molecule has 0 fully saturated rings. The maximum atomic E-state index is 11.3. The van der Waals surface area contributed by atoms with Gasteiger partial charge in [-0.1, -0.05) is 17.7 Å². The molecule has 3 nitrogen and oxygen atoms in total. The van der Waals surface area contributed by atoms with Gasteiger partial charge in [0.25, 0.3) is 0 Å². The van der Waals surface area contributed by atoms with Gasteiger partial charge in [-0.05, 0) is 11.4 Å². The maximum Gasteiger partial charge on any atom is 0.344 e. The van der Waals surface area contributed by atoms with Crippen molar-refractivity contribution in [1.82, 2.24) is 9.97 Å². The van der Waals surface area contributed by atoms with Gasteiger partial charge in [0.15, 0.2) is 0 Å². The van der Waals surface area contributed by atoms with E-state index in [-0.39, 0.29) is 5.16 Å². The van der Waals surface area contributed by atoms with Crippen molar-refractivity contribution >= 4 is 34.1 Å². The zero-order valence-corrected chi connectivity index (χ0v) is 10.2. The van der Waals surface area contributed by atoms with Gasteiger partial charge < -0.3 is 4.55 Å². The first-order chi connectivity index (χ1) is 7.16. The lowest BCUT2D eigenvalue weighted by Crippen LogP contribution is -2.04.